The summed E-state index contributed by atoms with van der Waals surface area (Å²) in [5, 5.41) is 20.7. The molecule has 0 amide bonds. The fourth-order valence-electron chi connectivity index (χ4n) is 3.07. The fourth-order valence-corrected chi connectivity index (χ4v) is 4.09. The maximum Gasteiger partial charge on any atom is 0.269 e. The summed E-state index contributed by atoms with van der Waals surface area (Å²) in [6.45, 7) is 1.93. The summed E-state index contributed by atoms with van der Waals surface area (Å²) < 4.78 is 1.87. The summed E-state index contributed by atoms with van der Waals surface area (Å²) in [4.78, 5) is 23.0. The third-order valence-electron chi connectivity index (χ3n) is 4.81. The van der Waals surface area contributed by atoms with Gasteiger partial charge >= 0.3 is 0 Å². The highest BCUT2D eigenvalue weighted by Crippen LogP contribution is 2.30. The van der Waals surface area contributed by atoms with E-state index in [2.05, 4.69) is 10.2 Å². The van der Waals surface area contributed by atoms with E-state index in [1.807, 2.05) is 60.0 Å². The van der Waals surface area contributed by atoms with Crippen LogP contribution < -0.4 is 0 Å². The Bertz CT molecular complexity index is 1290. The highest BCUT2D eigenvalue weighted by molar-refractivity contribution is 7.99. The van der Waals surface area contributed by atoms with Gasteiger partial charge in [-0.25, -0.2) is 0 Å². The number of aryl methyl sites for hydroxylation is 1. The number of halogens is 1. The molecule has 7 nitrogen and oxygen atoms in total. The van der Waals surface area contributed by atoms with Gasteiger partial charge in [-0.15, -0.1) is 10.2 Å². The van der Waals surface area contributed by atoms with Crippen LogP contribution in [0.2, 0.25) is 5.02 Å². The monoisotopic (exact) mass is 464 g/mol. The second-order valence-electron chi connectivity index (χ2n) is 6.96. The van der Waals surface area contributed by atoms with Crippen molar-refractivity contribution >= 4 is 34.8 Å². The third-order valence-corrected chi connectivity index (χ3v) is 6.15. The van der Waals surface area contributed by atoms with Gasteiger partial charge in [0.05, 0.1) is 16.4 Å². The first-order valence-corrected chi connectivity index (χ1v) is 11.0. The molecule has 0 saturated carbocycles. The number of hydrogen-bond donors (Lipinski definition) is 0. The Kier molecular flexibility index (Phi) is 6.34. The van der Waals surface area contributed by atoms with Gasteiger partial charge in [-0.3, -0.25) is 19.5 Å². The molecular weight excluding hydrogens is 448 g/mol. The largest absolute Gasteiger partial charge is 0.293 e. The molecule has 0 aliphatic heterocycles. The molecule has 0 aliphatic carbocycles. The first-order chi connectivity index (χ1) is 15.4. The number of benzene rings is 3. The molecular formula is C23H17ClN4O3S. The highest BCUT2D eigenvalue weighted by atomic mass is 35.5. The second kappa shape index (κ2) is 9.33. The normalized spacial score (nSPS) is 10.8. The van der Waals surface area contributed by atoms with Gasteiger partial charge in [0, 0.05) is 28.3 Å². The van der Waals surface area contributed by atoms with E-state index in [-0.39, 0.29) is 17.2 Å². The molecule has 160 valence electrons. The number of thioether (sulfide) groups is 1. The minimum atomic E-state index is -0.497. The van der Waals surface area contributed by atoms with Crippen LogP contribution in [0.3, 0.4) is 0 Å². The Morgan fingerprint density at radius 1 is 1.06 bits per heavy atom. The quantitative estimate of drug-likeness (QED) is 0.149. The molecule has 0 unspecified atom stereocenters. The topological polar surface area (TPSA) is 90.9 Å². The number of Topliss-reactive ketones (excluding diaryl/α,β-unsaturated/α-hetero) is 1. The van der Waals surface area contributed by atoms with Gasteiger partial charge in [-0.1, -0.05) is 59.8 Å². The lowest BCUT2D eigenvalue weighted by atomic mass is 10.1. The molecule has 9 heteroatoms. The number of hydrogen-bond acceptors (Lipinski definition) is 6. The Morgan fingerprint density at radius 2 is 1.78 bits per heavy atom. The van der Waals surface area contributed by atoms with Gasteiger partial charge < -0.3 is 0 Å². The third kappa shape index (κ3) is 4.56. The molecule has 4 rings (SSSR count). The highest BCUT2D eigenvalue weighted by Gasteiger charge is 2.18. The van der Waals surface area contributed by atoms with Crippen molar-refractivity contribution in [3.05, 3.63) is 99.1 Å². The first-order valence-electron chi connectivity index (χ1n) is 9.62. The van der Waals surface area contributed by atoms with Crippen LogP contribution in [0.25, 0.3) is 17.1 Å². The average molecular weight is 465 g/mol. The van der Waals surface area contributed by atoms with Crippen molar-refractivity contribution in [3.8, 4) is 17.1 Å². The van der Waals surface area contributed by atoms with Crippen molar-refractivity contribution < 1.29 is 9.72 Å². The minimum Gasteiger partial charge on any atom is -0.293 e. The second-order valence-corrected chi connectivity index (χ2v) is 8.31. The van der Waals surface area contributed by atoms with Gasteiger partial charge in [0.1, 0.15) is 0 Å². The Balaban J connectivity index is 1.65. The molecule has 0 aliphatic rings. The molecule has 3 aromatic carbocycles. The van der Waals surface area contributed by atoms with E-state index in [1.54, 1.807) is 0 Å². The lowest BCUT2D eigenvalue weighted by molar-refractivity contribution is -0.384. The van der Waals surface area contributed by atoms with Gasteiger partial charge in [0.2, 0.25) is 0 Å². The number of nitro groups is 1. The standard InChI is InChI=1S/C23H17ClN4O3S/c1-15-7-10-19(13-20(15)24)27-22(17-5-3-2-4-6-17)25-26-23(27)32-14-21(29)16-8-11-18(12-9-16)28(30)31/h2-13H,14H2,1H3. The molecule has 0 saturated heterocycles. The molecule has 0 bridgehead atoms. The zero-order valence-corrected chi connectivity index (χ0v) is 18.5. The summed E-state index contributed by atoms with van der Waals surface area (Å²) >= 11 is 7.60. The molecule has 32 heavy (non-hydrogen) atoms. The molecule has 0 N–H and O–H groups in total. The summed E-state index contributed by atoms with van der Waals surface area (Å²) in [5.74, 6) is 0.572. The molecule has 1 heterocycles. The Morgan fingerprint density at radius 3 is 2.44 bits per heavy atom. The predicted molar refractivity (Wildman–Crippen MR) is 125 cm³/mol. The smallest absolute Gasteiger partial charge is 0.269 e. The van der Waals surface area contributed by atoms with Crippen molar-refractivity contribution in [1.29, 1.82) is 0 Å². The summed E-state index contributed by atoms with van der Waals surface area (Å²) in [5.41, 5.74) is 2.96. The van der Waals surface area contributed by atoms with Crippen molar-refractivity contribution in [2.45, 2.75) is 12.1 Å². The van der Waals surface area contributed by atoms with Gasteiger partial charge in [-0.2, -0.15) is 0 Å². The van der Waals surface area contributed by atoms with Crippen LogP contribution in [-0.4, -0.2) is 31.2 Å². The predicted octanol–water partition coefficient (Wildman–Crippen LogP) is 5.78. The maximum absolute atomic E-state index is 12.7. The van der Waals surface area contributed by atoms with Crippen LogP contribution in [0.4, 0.5) is 5.69 Å². The number of nitro benzene ring substituents is 1. The summed E-state index contributed by atoms with van der Waals surface area (Å²) in [6.07, 6.45) is 0. The SMILES string of the molecule is Cc1ccc(-n2c(SCC(=O)c3ccc([N+](=O)[O-])cc3)nnc2-c2ccccc2)cc1Cl. The van der Waals surface area contributed by atoms with E-state index in [0.717, 1.165) is 16.8 Å². The first kappa shape index (κ1) is 21.7. The Hall–Kier alpha value is -3.49. The number of aromatic nitrogens is 3. The zero-order valence-electron chi connectivity index (χ0n) is 16.9. The number of non-ortho nitro benzene ring substituents is 1. The zero-order chi connectivity index (χ0) is 22.7. The van der Waals surface area contributed by atoms with E-state index in [0.29, 0.717) is 21.6 Å². The van der Waals surface area contributed by atoms with Gasteiger partial charge in [-0.05, 0) is 36.8 Å². The van der Waals surface area contributed by atoms with Crippen LogP contribution in [0, 0.1) is 17.0 Å². The number of ketones is 1. The molecule has 0 spiro atoms. The van der Waals surface area contributed by atoms with Crippen molar-refractivity contribution in [2.75, 3.05) is 5.75 Å². The molecule has 0 fully saturated rings. The summed E-state index contributed by atoms with van der Waals surface area (Å²) in [7, 11) is 0. The van der Waals surface area contributed by atoms with E-state index < -0.39 is 4.92 Å². The van der Waals surface area contributed by atoms with Crippen molar-refractivity contribution in [3.63, 3.8) is 0 Å². The maximum atomic E-state index is 12.7. The van der Waals surface area contributed by atoms with Crippen LogP contribution >= 0.6 is 23.4 Å². The van der Waals surface area contributed by atoms with Crippen LogP contribution in [0.15, 0.2) is 78.0 Å². The van der Waals surface area contributed by atoms with Crippen LogP contribution in [0.1, 0.15) is 15.9 Å². The number of carbonyl (C=O) groups is 1. The lowest BCUT2D eigenvalue weighted by Crippen LogP contribution is -2.05. The molecule has 4 aromatic rings. The number of rotatable bonds is 7. The van der Waals surface area contributed by atoms with E-state index in [9.17, 15) is 14.9 Å². The minimum absolute atomic E-state index is 0.0577. The van der Waals surface area contributed by atoms with E-state index in [4.69, 9.17) is 11.6 Å². The average Bonchev–Trinajstić information content (AvgIpc) is 3.24. The molecule has 0 atom stereocenters. The van der Waals surface area contributed by atoms with Crippen LogP contribution in [-0.2, 0) is 0 Å². The van der Waals surface area contributed by atoms with Gasteiger partial charge in [0.15, 0.2) is 16.8 Å². The van der Waals surface area contributed by atoms with E-state index in [1.165, 1.54) is 36.0 Å². The van der Waals surface area contributed by atoms with Crippen LogP contribution in [0.5, 0.6) is 0 Å². The van der Waals surface area contributed by atoms with Gasteiger partial charge in [0.25, 0.3) is 5.69 Å². The molecule has 0 radical (unpaired) electrons. The Labute approximate surface area is 193 Å². The summed E-state index contributed by atoms with van der Waals surface area (Å²) in [6, 6.07) is 20.9. The van der Waals surface area contributed by atoms with Crippen molar-refractivity contribution in [2.24, 2.45) is 0 Å². The lowest BCUT2D eigenvalue weighted by Gasteiger charge is -2.11. The van der Waals surface area contributed by atoms with E-state index >= 15 is 0 Å². The molecule has 1 aromatic heterocycles. The van der Waals surface area contributed by atoms with Crippen molar-refractivity contribution in [1.82, 2.24) is 14.8 Å². The number of carbonyl (C=O) groups excluding carboxylic acids is 1. The fraction of sp³-hybridized carbons (Fsp3) is 0.0870. The number of nitrogens with zero attached hydrogens (tertiary/aromatic N) is 4.